The van der Waals surface area contributed by atoms with E-state index >= 15 is 0 Å². The van der Waals surface area contributed by atoms with Crippen molar-refractivity contribution in [2.75, 3.05) is 33.9 Å². The number of hydrogen-bond donors (Lipinski definition) is 0. The Labute approximate surface area is 180 Å². The molecule has 4 aromatic rings. The smallest absolute Gasteiger partial charge is 0.226 e. The Morgan fingerprint density at radius 3 is 2.74 bits per heavy atom. The summed E-state index contributed by atoms with van der Waals surface area (Å²) in [5, 5.41) is 6.61. The molecule has 0 N–H and O–H groups in total. The van der Waals surface area contributed by atoms with Crippen LogP contribution in [-0.2, 0) is 16.4 Å². The van der Waals surface area contributed by atoms with Crippen molar-refractivity contribution in [3.05, 3.63) is 54.6 Å². The van der Waals surface area contributed by atoms with Crippen LogP contribution in [-0.4, -0.2) is 57.0 Å². The SMILES string of the molecule is CN(C)CCOc1cc2c3c(c1)c(S(=O)(=O)c1cccc4ccccc14)nn3CCO2. The minimum atomic E-state index is -3.87. The van der Waals surface area contributed by atoms with Gasteiger partial charge in [0.05, 0.1) is 11.4 Å². The van der Waals surface area contributed by atoms with Crippen LogP contribution in [0.15, 0.2) is 64.5 Å². The Balaban J connectivity index is 1.68. The molecule has 0 amide bonds. The number of nitrogens with zero attached hydrogens (tertiary/aromatic N) is 3. The highest BCUT2D eigenvalue weighted by Crippen LogP contribution is 2.39. The average Bonchev–Trinajstić information content (AvgIpc) is 3.14. The molecule has 1 aliphatic rings. The first-order valence-corrected chi connectivity index (χ1v) is 11.6. The summed E-state index contributed by atoms with van der Waals surface area (Å²) in [6.45, 7) is 2.15. The number of aromatic nitrogens is 2. The molecule has 0 radical (unpaired) electrons. The van der Waals surface area contributed by atoms with Gasteiger partial charge >= 0.3 is 0 Å². The van der Waals surface area contributed by atoms with Gasteiger partial charge < -0.3 is 14.4 Å². The molecule has 0 saturated heterocycles. The van der Waals surface area contributed by atoms with Gasteiger partial charge in [0, 0.05) is 23.4 Å². The molecule has 7 nitrogen and oxygen atoms in total. The predicted octanol–water partition coefficient (Wildman–Crippen LogP) is 3.36. The number of fused-ring (bicyclic) bond motifs is 1. The fourth-order valence-corrected chi connectivity index (χ4v) is 5.49. The second-order valence-corrected chi connectivity index (χ2v) is 9.66. The molecule has 0 bridgehead atoms. The highest BCUT2D eigenvalue weighted by atomic mass is 32.2. The van der Waals surface area contributed by atoms with Crippen LogP contribution >= 0.6 is 0 Å². The van der Waals surface area contributed by atoms with Gasteiger partial charge in [-0.05, 0) is 31.6 Å². The van der Waals surface area contributed by atoms with E-state index in [0.717, 1.165) is 11.9 Å². The Bertz CT molecular complexity index is 1390. The zero-order chi connectivity index (χ0) is 21.6. The van der Waals surface area contributed by atoms with Gasteiger partial charge in [0.1, 0.15) is 30.2 Å². The van der Waals surface area contributed by atoms with E-state index in [-0.39, 0.29) is 9.92 Å². The lowest BCUT2D eigenvalue weighted by molar-refractivity contribution is 0.255. The molecule has 0 saturated carbocycles. The van der Waals surface area contributed by atoms with Crippen molar-refractivity contribution < 1.29 is 17.9 Å². The van der Waals surface area contributed by atoms with Crippen LogP contribution < -0.4 is 9.47 Å². The van der Waals surface area contributed by atoms with Gasteiger partial charge in [0.15, 0.2) is 5.03 Å². The minimum absolute atomic E-state index is 0.0312. The van der Waals surface area contributed by atoms with Crippen LogP contribution in [0.3, 0.4) is 0 Å². The van der Waals surface area contributed by atoms with Crippen molar-refractivity contribution in [1.29, 1.82) is 0 Å². The highest BCUT2D eigenvalue weighted by Gasteiger charge is 2.30. The zero-order valence-corrected chi connectivity index (χ0v) is 18.2. The van der Waals surface area contributed by atoms with Crippen LogP contribution in [0, 0.1) is 0 Å². The van der Waals surface area contributed by atoms with Crippen LogP contribution in [0.2, 0.25) is 0 Å². The van der Waals surface area contributed by atoms with Gasteiger partial charge in [-0.2, -0.15) is 5.10 Å². The summed E-state index contributed by atoms with van der Waals surface area (Å²) in [5.41, 5.74) is 0.685. The fraction of sp³-hybridized carbons (Fsp3) is 0.261. The largest absolute Gasteiger partial charge is 0.492 e. The fourth-order valence-electron chi connectivity index (χ4n) is 3.90. The van der Waals surface area contributed by atoms with Gasteiger partial charge in [0.25, 0.3) is 0 Å². The number of ether oxygens (including phenoxy) is 2. The molecule has 160 valence electrons. The topological polar surface area (TPSA) is 73.7 Å². The first-order valence-electron chi connectivity index (χ1n) is 10.1. The van der Waals surface area contributed by atoms with Crippen molar-refractivity contribution in [3.8, 4) is 11.5 Å². The van der Waals surface area contributed by atoms with Crippen molar-refractivity contribution in [3.63, 3.8) is 0 Å². The van der Waals surface area contributed by atoms with Crippen LogP contribution in [0.1, 0.15) is 0 Å². The monoisotopic (exact) mass is 437 g/mol. The Morgan fingerprint density at radius 1 is 1.10 bits per heavy atom. The minimum Gasteiger partial charge on any atom is -0.492 e. The van der Waals surface area contributed by atoms with E-state index in [0.29, 0.717) is 47.5 Å². The first kappa shape index (κ1) is 19.8. The summed E-state index contributed by atoms with van der Waals surface area (Å²) in [5.74, 6) is 1.16. The first-order chi connectivity index (χ1) is 14.9. The van der Waals surface area contributed by atoms with Gasteiger partial charge in [-0.3, -0.25) is 4.68 Å². The van der Waals surface area contributed by atoms with E-state index in [1.54, 1.807) is 22.9 Å². The lowest BCUT2D eigenvalue weighted by Crippen LogP contribution is -2.19. The van der Waals surface area contributed by atoms with Gasteiger partial charge in [-0.25, -0.2) is 8.42 Å². The zero-order valence-electron chi connectivity index (χ0n) is 17.4. The Hall–Kier alpha value is -3.10. The molecular formula is C23H23N3O4S. The average molecular weight is 438 g/mol. The maximum Gasteiger partial charge on any atom is 0.226 e. The third-order valence-corrected chi connectivity index (χ3v) is 7.16. The van der Waals surface area contributed by atoms with E-state index in [2.05, 4.69) is 5.10 Å². The molecule has 5 rings (SSSR count). The highest BCUT2D eigenvalue weighted by molar-refractivity contribution is 7.91. The van der Waals surface area contributed by atoms with E-state index in [9.17, 15) is 8.42 Å². The molecule has 0 spiro atoms. The molecular weight excluding hydrogens is 414 g/mol. The summed E-state index contributed by atoms with van der Waals surface area (Å²) in [4.78, 5) is 2.27. The summed E-state index contributed by atoms with van der Waals surface area (Å²) in [6, 6.07) is 16.3. The molecule has 0 unspecified atom stereocenters. The van der Waals surface area contributed by atoms with Crippen LogP contribution in [0.25, 0.3) is 21.7 Å². The van der Waals surface area contributed by atoms with Crippen molar-refractivity contribution in [2.45, 2.75) is 16.5 Å². The molecule has 0 atom stereocenters. The quantitative estimate of drug-likeness (QED) is 0.461. The maximum absolute atomic E-state index is 13.8. The molecule has 0 aliphatic carbocycles. The summed E-state index contributed by atoms with van der Waals surface area (Å²) in [6.07, 6.45) is 0. The number of benzene rings is 3. The Kier molecular flexibility index (Phi) is 4.83. The predicted molar refractivity (Wildman–Crippen MR) is 119 cm³/mol. The summed E-state index contributed by atoms with van der Waals surface area (Å²) >= 11 is 0. The van der Waals surface area contributed by atoms with E-state index in [4.69, 9.17) is 9.47 Å². The molecule has 8 heteroatoms. The lowest BCUT2D eigenvalue weighted by atomic mass is 10.1. The molecule has 31 heavy (non-hydrogen) atoms. The number of sulfone groups is 1. The van der Waals surface area contributed by atoms with Gasteiger partial charge in [-0.1, -0.05) is 36.4 Å². The lowest BCUT2D eigenvalue weighted by Gasteiger charge is -2.17. The van der Waals surface area contributed by atoms with E-state index in [1.807, 2.05) is 55.4 Å². The standard InChI is InChI=1S/C23H23N3O4S/c1-25(2)10-12-29-17-14-19-22-20(15-17)30-13-11-26(22)24-23(19)31(27,28)21-9-5-7-16-6-3-4-8-18(16)21/h3-9,14-15H,10-13H2,1-2H3. The normalized spacial score (nSPS) is 13.6. The number of likely N-dealkylation sites (N-methyl/N-ethyl adjacent to an activating group) is 1. The van der Waals surface area contributed by atoms with Crippen LogP contribution in [0.4, 0.5) is 0 Å². The molecule has 1 aromatic heterocycles. The molecule has 2 heterocycles. The van der Waals surface area contributed by atoms with E-state index in [1.165, 1.54) is 0 Å². The van der Waals surface area contributed by atoms with Crippen molar-refractivity contribution in [2.24, 2.45) is 0 Å². The Morgan fingerprint density at radius 2 is 1.90 bits per heavy atom. The molecule has 1 aliphatic heterocycles. The molecule has 3 aromatic carbocycles. The third-order valence-electron chi connectivity index (χ3n) is 5.41. The van der Waals surface area contributed by atoms with Crippen LogP contribution in [0.5, 0.6) is 11.5 Å². The number of hydrogen-bond acceptors (Lipinski definition) is 6. The second-order valence-electron chi connectivity index (χ2n) is 7.83. The maximum atomic E-state index is 13.8. The number of rotatable bonds is 6. The van der Waals surface area contributed by atoms with Gasteiger partial charge in [0.2, 0.25) is 9.84 Å². The van der Waals surface area contributed by atoms with E-state index < -0.39 is 9.84 Å². The second kappa shape index (κ2) is 7.55. The summed E-state index contributed by atoms with van der Waals surface area (Å²) in [7, 11) is 0.0687. The molecule has 0 fully saturated rings. The van der Waals surface area contributed by atoms with Gasteiger partial charge in [-0.15, -0.1) is 0 Å². The summed E-state index contributed by atoms with van der Waals surface area (Å²) < 4.78 is 41.0. The third kappa shape index (κ3) is 3.41. The van der Waals surface area contributed by atoms with Crippen molar-refractivity contribution >= 4 is 31.5 Å². The van der Waals surface area contributed by atoms with Crippen molar-refractivity contribution in [1.82, 2.24) is 14.7 Å².